The molecule has 1 fully saturated rings. The number of morpholine rings is 1. The van der Waals surface area contributed by atoms with E-state index in [1.807, 2.05) is 12.4 Å². The van der Waals surface area contributed by atoms with Crippen LogP contribution in [0.3, 0.4) is 0 Å². The maximum atomic E-state index is 5.97. The topological polar surface area (TPSA) is 83.0 Å². The second-order valence-corrected chi connectivity index (χ2v) is 8.69. The summed E-state index contributed by atoms with van der Waals surface area (Å²) in [6.45, 7) is 6.77. The van der Waals surface area contributed by atoms with Crippen LogP contribution in [-0.2, 0) is 11.3 Å². The number of ether oxygens (including phenoxy) is 1. The van der Waals surface area contributed by atoms with Gasteiger partial charge in [-0.2, -0.15) is 5.10 Å². The highest BCUT2D eigenvalue weighted by Gasteiger charge is 2.23. The Hall–Kier alpha value is -3.42. The van der Waals surface area contributed by atoms with Crippen molar-refractivity contribution in [2.75, 3.05) is 13.1 Å². The zero-order valence-corrected chi connectivity index (χ0v) is 18.1. The van der Waals surface area contributed by atoms with Crippen LogP contribution in [0.15, 0.2) is 59.5 Å². The molecular formula is C25H25N5O2. The predicted molar refractivity (Wildman–Crippen MR) is 124 cm³/mol. The number of rotatable bonds is 4. The van der Waals surface area contributed by atoms with E-state index in [0.29, 0.717) is 5.89 Å². The van der Waals surface area contributed by atoms with Gasteiger partial charge in [-0.25, -0.2) is 4.98 Å². The van der Waals surface area contributed by atoms with Crippen molar-refractivity contribution in [1.82, 2.24) is 25.1 Å². The molecule has 1 aliphatic rings. The van der Waals surface area contributed by atoms with Gasteiger partial charge in [0.2, 0.25) is 5.89 Å². The first kappa shape index (κ1) is 19.3. The van der Waals surface area contributed by atoms with E-state index in [2.05, 4.69) is 70.3 Å². The molecule has 1 aliphatic heterocycles. The summed E-state index contributed by atoms with van der Waals surface area (Å²) in [5.74, 6) is 0.615. The van der Waals surface area contributed by atoms with Gasteiger partial charge in [0.25, 0.3) is 0 Å². The number of H-pyrrole nitrogens is 2. The zero-order chi connectivity index (χ0) is 21.7. The van der Waals surface area contributed by atoms with Gasteiger partial charge in [0, 0.05) is 47.7 Å². The fourth-order valence-electron chi connectivity index (χ4n) is 4.87. The van der Waals surface area contributed by atoms with E-state index in [9.17, 15) is 0 Å². The summed E-state index contributed by atoms with van der Waals surface area (Å²) in [5, 5.41) is 9.56. The SMILES string of the molecule is CC1CN(Cc2coc(-c3cc(-c4cccc5[nH]ccc45)cc4[nH]ncc34)n2)CC(C)O1. The third-order valence-electron chi connectivity index (χ3n) is 6.13. The van der Waals surface area contributed by atoms with E-state index in [1.54, 1.807) is 6.26 Å². The Morgan fingerprint density at radius 1 is 1.03 bits per heavy atom. The average molecular weight is 428 g/mol. The summed E-state index contributed by atoms with van der Waals surface area (Å²) in [6, 6.07) is 12.7. The molecule has 2 aromatic carbocycles. The van der Waals surface area contributed by atoms with Gasteiger partial charge in [-0.05, 0) is 49.2 Å². The first-order valence-electron chi connectivity index (χ1n) is 11.0. The van der Waals surface area contributed by atoms with Crippen molar-refractivity contribution in [3.63, 3.8) is 0 Å². The second kappa shape index (κ2) is 7.62. The summed E-state index contributed by atoms with van der Waals surface area (Å²) < 4.78 is 11.8. The van der Waals surface area contributed by atoms with Crippen LogP contribution in [0.5, 0.6) is 0 Å². The van der Waals surface area contributed by atoms with Crippen molar-refractivity contribution in [3.8, 4) is 22.6 Å². The summed E-state index contributed by atoms with van der Waals surface area (Å²) in [6.07, 6.45) is 6.02. The maximum Gasteiger partial charge on any atom is 0.226 e. The lowest BCUT2D eigenvalue weighted by atomic mass is 9.97. The minimum absolute atomic E-state index is 0.225. The minimum atomic E-state index is 0.225. The van der Waals surface area contributed by atoms with Crippen LogP contribution in [0.25, 0.3) is 44.4 Å². The molecule has 2 unspecified atom stereocenters. The molecule has 2 N–H and O–H groups in total. The zero-order valence-electron chi connectivity index (χ0n) is 18.1. The highest BCUT2D eigenvalue weighted by molar-refractivity contribution is 6.01. The summed E-state index contributed by atoms with van der Waals surface area (Å²) >= 11 is 0. The summed E-state index contributed by atoms with van der Waals surface area (Å²) in [7, 11) is 0. The lowest BCUT2D eigenvalue weighted by molar-refractivity contribution is -0.0707. The number of fused-ring (bicyclic) bond motifs is 2. The van der Waals surface area contributed by atoms with Crippen molar-refractivity contribution in [1.29, 1.82) is 0 Å². The smallest absolute Gasteiger partial charge is 0.226 e. The van der Waals surface area contributed by atoms with Gasteiger partial charge in [-0.15, -0.1) is 0 Å². The van der Waals surface area contributed by atoms with Crippen molar-refractivity contribution >= 4 is 21.8 Å². The van der Waals surface area contributed by atoms with E-state index < -0.39 is 0 Å². The summed E-state index contributed by atoms with van der Waals surface area (Å²) in [4.78, 5) is 10.5. The van der Waals surface area contributed by atoms with Gasteiger partial charge < -0.3 is 14.1 Å². The molecule has 0 aliphatic carbocycles. The number of nitrogens with one attached hydrogen (secondary N) is 2. The Morgan fingerprint density at radius 2 is 1.91 bits per heavy atom. The predicted octanol–water partition coefficient (Wildman–Crippen LogP) is 4.98. The molecule has 162 valence electrons. The summed E-state index contributed by atoms with van der Waals surface area (Å²) in [5.41, 5.74) is 6.19. The number of hydrogen-bond acceptors (Lipinski definition) is 5. The van der Waals surface area contributed by atoms with Gasteiger partial charge in [0.15, 0.2) is 0 Å². The molecular weight excluding hydrogens is 402 g/mol. The molecule has 5 aromatic rings. The number of benzene rings is 2. The van der Waals surface area contributed by atoms with Crippen LogP contribution in [0.1, 0.15) is 19.5 Å². The lowest BCUT2D eigenvalue weighted by Crippen LogP contribution is -2.44. The molecule has 2 atom stereocenters. The number of aromatic nitrogens is 4. The van der Waals surface area contributed by atoms with Gasteiger partial charge in [-0.3, -0.25) is 10.00 Å². The molecule has 0 amide bonds. The first-order chi connectivity index (χ1) is 15.6. The van der Waals surface area contributed by atoms with Crippen LogP contribution in [-0.4, -0.2) is 50.4 Å². The molecule has 0 saturated carbocycles. The van der Waals surface area contributed by atoms with E-state index in [1.165, 1.54) is 5.39 Å². The molecule has 7 nitrogen and oxygen atoms in total. The van der Waals surface area contributed by atoms with Crippen molar-refractivity contribution in [2.45, 2.75) is 32.6 Å². The molecule has 7 heteroatoms. The molecule has 3 aromatic heterocycles. The van der Waals surface area contributed by atoms with Crippen molar-refractivity contribution < 1.29 is 9.15 Å². The molecule has 0 spiro atoms. The molecule has 0 bridgehead atoms. The van der Waals surface area contributed by atoms with Gasteiger partial charge in [0.05, 0.1) is 29.6 Å². The molecule has 32 heavy (non-hydrogen) atoms. The largest absolute Gasteiger partial charge is 0.444 e. The number of hydrogen-bond donors (Lipinski definition) is 2. The van der Waals surface area contributed by atoms with Crippen molar-refractivity contribution in [2.24, 2.45) is 0 Å². The molecule has 4 heterocycles. The Balaban J connectivity index is 1.38. The Morgan fingerprint density at radius 3 is 2.78 bits per heavy atom. The van der Waals surface area contributed by atoms with E-state index in [4.69, 9.17) is 14.1 Å². The third kappa shape index (κ3) is 3.39. The molecule has 6 rings (SSSR count). The molecule has 1 saturated heterocycles. The Kier molecular flexibility index (Phi) is 4.59. The van der Waals surface area contributed by atoms with Crippen LogP contribution < -0.4 is 0 Å². The van der Waals surface area contributed by atoms with E-state index >= 15 is 0 Å². The van der Waals surface area contributed by atoms with Crippen molar-refractivity contribution in [3.05, 3.63) is 60.7 Å². The van der Waals surface area contributed by atoms with Crippen LogP contribution >= 0.6 is 0 Å². The molecule has 0 radical (unpaired) electrons. The lowest BCUT2D eigenvalue weighted by Gasteiger charge is -2.34. The highest BCUT2D eigenvalue weighted by atomic mass is 16.5. The standard InChI is InChI=1S/C25H25N5O2/c1-15-11-30(12-16(2)32-15)13-18-14-31-25(28-18)21-8-17(9-24-22(21)10-27-29-24)19-4-3-5-23-20(19)6-7-26-23/h3-10,14-16,26H,11-13H2,1-2H3,(H,27,29). The monoisotopic (exact) mass is 427 g/mol. The van der Waals surface area contributed by atoms with Crippen LogP contribution in [0.2, 0.25) is 0 Å². The Bertz CT molecular complexity index is 1390. The highest BCUT2D eigenvalue weighted by Crippen LogP contribution is 2.35. The van der Waals surface area contributed by atoms with Gasteiger partial charge >= 0.3 is 0 Å². The second-order valence-electron chi connectivity index (χ2n) is 8.69. The van der Waals surface area contributed by atoms with Gasteiger partial charge in [-0.1, -0.05) is 12.1 Å². The fraction of sp³-hybridized carbons (Fsp3) is 0.280. The minimum Gasteiger partial charge on any atom is -0.444 e. The van der Waals surface area contributed by atoms with E-state index in [-0.39, 0.29) is 12.2 Å². The normalized spacial score (nSPS) is 19.8. The Labute approximate surface area is 185 Å². The number of nitrogens with zero attached hydrogens (tertiary/aromatic N) is 3. The first-order valence-corrected chi connectivity index (χ1v) is 11.0. The third-order valence-corrected chi connectivity index (χ3v) is 6.13. The quantitative estimate of drug-likeness (QED) is 0.423. The number of oxazole rings is 1. The van der Waals surface area contributed by atoms with Crippen LogP contribution in [0, 0.1) is 0 Å². The van der Waals surface area contributed by atoms with Gasteiger partial charge in [0.1, 0.15) is 6.26 Å². The average Bonchev–Trinajstić information content (AvgIpc) is 3.52. The maximum absolute atomic E-state index is 5.97. The van der Waals surface area contributed by atoms with E-state index in [0.717, 1.165) is 58.4 Å². The van der Waals surface area contributed by atoms with Crippen LogP contribution in [0.4, 0.5) is 0 Å². The number of aromatic amines is 2. The fourth-order valence-corrected chi connectivity index (χ4v) is 4.87.